The topological polar surface area (TPSA) is 106 Å². The van der Waals surface area contributed by atoms with E-state index >= 15 is 0 Å². The first-order valence-electron chi connectivity index (χ1n) is 6.60. The Balaban J connectivity index is 2.56. The number of pyridine rings is 1. The molecule has 1 aromatic heterocycles. The van der Waals surface area contributed by atoms with Gasteiger partial charge in [-0.05, 0) is 48.7 Å². The van der Waals surface area contributed by atoms with E-state index in [1.165, 1.54) is 12.3 Å². The SMILES string of the molecule is CC(C)OCCCCNS(=O)(=O)c1cc(Br)cnc1NN. The largest absolute Gasteiger partial charge is 0.379 e. The van der Waals surface area contributed by atoms with Crippen LogP contribution in [0.1, 0.15) is 26.7 Å². The Hall–Kier alpha value is -0.740. The summed E-state index contributed by atoms with van der Waals surface area (Å²) in [7, 11) is -3.65. The van der Waals surface area contributed by atoms with Gasteiger partial charge in [-0.2, -0.15) is 0 Å². The van der Waals surface area contributed by atoms with Crippen molar-refractivity contribution in [2.24, 2.45) is 5.84 Å². The number of aromatic nitrogens is 1. The van der Waals surface area contributed by atoms with Crippen LogP contribution in [0.25, 0.3) is 0 Å². The van der Waals surface area contributed by atoms with E-state index < -0.39 is 10.0 Å². The molecular formula is C12H21BrN4O3S. The van der Waals surface area contributed by atoms with Crippen molar-refractivity contribution in [2.45, 2.75) is 37.7 Å². The van der Waals surface area contributed by atoms with Crippen LogP contribution in [-0.4, -0.2) is 32.7 Å². The maximum Gasteiger partial charge on any atom is 0.244 e. The minimum absolute atomic E-state index is 0.0119. The average molecular weight is 381 g/mol. The molecule has 0 aliphatic rings. The summed E-state index contributed by atoms with van der Waals surface area (Å²) in [6.45, 7) is 4.88. The molecule has 0 aromatic carbocycles. The normalized spacial score (nSPS) is 11.9. The van der Waals surface area contributed by atoms with Crippen LogP contribution in [0.15, 0.2) is 21.6 Å². The molecule has 7 nitrogen and oxygen atoms in total. The standard InChI is InChI=1S/C12H21BrN4O3S/c1-9(2)20-6-4-3-5-16-21(18,19)11-7-10(13)8-15-12(11)17-14/h7-9,16H,3-6,14H2,1-2H3,(H,15,17). The lowest BCUT2D eigenvalue weighted by Gasteiger charge is -2.11. The van der Waals surface area contributed by atoms with Gasteiger partial charge < -0.3 is 10.2 Å². The van der Waals surface area contributed by atoms with Gasteiger partial charge in [0.1, 0.15) is 4.90 Å². The zero-order chi connectivity index (χ0) is 15.9. The Bertz CT molecular complexity index is 551. The highest BCUT2D eigenvalue weighted by Crippen LogP contribution is 2.21. The molecule has 0 atom stereocenters. The van der Waals surface area contributed by atoms with Crippen molar-refractivity contribution in [2.75, 3.05) is 18.6 Å². The summed E-state index contributed by atoms with van der Waals surface area (Å²) in [5.41, 5.74) is 2.28. The van der Waals surface area contributed by atoms with Crippen LogP contribution >= 0.6 is 15.9 Å². The monoisotopic (exact) mass is 380 g/mol. The maximum absolute atomic E-state index is 12.2. The van der Waals surface area contributed by atoms with Crippen LogP contribution in [0.5, 0.6) is 0 Å². The summed E-state index contributed by atoms with van der Waals surface area (Å²) in [5, 5.41) is 0. The van der Waals surface area contributed by atoms with Crippen molar-refractivity contribution in [1.29, 1.82) is 0 Å². The number of unbranched alkanes of at least 4 members (excludes halogenated alkanes) is 1. The van der Waals surface area contributed by atoms with Crippen molar-refractivity contribution in [3.05, 3.63) is 16.7 Å². The van der Waals surface area contributed by atoms with Gasteiger partial charge in [0.25, 0.3) is 0 Å². The molecule has 0 amide bonds. The molecule has 9 heteroatoms. The highest BCUT2D eigenvalue weighted by atomic mass is 79.9. The lowest BCUT2D eigenvalue weighted by Crippen LogP contribution is -2.27. The van der Waals surface area contributed by atoms with Gasteiger partial charge >= 0.3 is 0 Å². The van der Waals surface area contributed by atoms with E-state index in [-0.39, 0.29) is 16.8 Å². The second kappa shape index (κ2) is 8.64. The summed E-state index contributed by atoms with van der Waals surface area (Å²) in [5.74, 6) is 5.39. The zero-order valence-electron chi connectivity index (χ0n) is 12.1. The molecule has 0 saturated heterocycles. The number of hydrogen-bond donors (Lipinski definition) is 3. The molecule has 1 rings (SSSR count). The minimum Gasteiger partial charge on any atom is -0.379 e. The van der Waals surface area contributed by atoms with Gasteiger partial charge in [0.15, 0.2) is 5.82 Å². The predicted molar refractivity (Wildman–Crippen MR) is 85.3 cm³/mol. The van der Waals surface area contributed by atoms with Crippen molar-refractivity contribution < 1.29 is 13.2 Å². The number of rotatable bonds is 9. The number of nitrogen functional groups attached to an aromatic ring is 1. The lowest BCUT2D eigenvalue weighted by atomic mass is 10.3. The molecule has 21 heavy (non-hydrogen) atoms. The molecule has 0 fully saturated rings. The van der Waals surface area contributed by atoms with Gasteiger partial charge in [0, 0.05) is 23.8 Å². The number of sulfonamides is 1. The van der Waals surface area contributed by atoms with Crippen molar-refractivity contribution in [1.82, 2.24) is 9.71 Å². The zero-order valence-corrected chi connectivity index (χ0v) is 14.5. The number of nitrogens with two attached hydrogens (primary N) is 1. The van der Waals surface area contributed by atoms with Crippen LogP contribution in [0.4, 0.5) is 5.82 Å². The first kappa shape index (κ1) is 18.3. The molecule has 120 valence electrons. The highest BCUT2D eigenvalue weighted by molar-refractivity contribution is 9.10. The smallest absolute Gasteiger partial charge is 0.244 e. The highest BCUT2D eigenvalue weighted by Gasteiger charge is 2.19. The third-order valence-corrected chi connectivity index (χ3v) is 4.47. The Morgan fingerprint density at radius 1 is 1.43 bits per heavy atom. The van der Waals surface area contributed by atoms with Crippen LogP contribution in [0.3, 0.4) is 0 Å². The van der Waals surface area contributed by atoms with Crippen molar-refractivity contribution in [3.8, 4) is 0 Å². The second-order valence-corrected chi connectivity index (χ2v) is 7.32. The summed E-state index contributed by atoms with van der Waals surface area (Å²) in [4.78, 5) is 3.93. The number of hydrogen-bond acceptors (Lipinski definition) is 6. The lowest BCUT2D eigenvalue weighted by molar-refractivity contribution is 0.0762. The van der Waals surface area contributed by atoms with Crippen molar-refractivity contribution in [3.63, 3.8) is 0 Å². The molecule has 0 aliphatic heterocycles. The summed E-state index contributed by atoms with van der Waals surface area (Å²) in [6, 6.07) is 1.45. The van der Waals surface area contributed by atoms with E-state index in [0.717, 1.165) is 6.42 Å². The summed E-state index contributed by atoms with van der Waals surface area (Å²) in [6.07, 6.45) is 3.14. The third-order valence-electron chi connectivity index (χ3n) is 2.56. The number of ether oxygens (including phenoxy) is 1. The fourth-order valence-corrected chi connectivity index (χ4v) is 3.26. The predicted octanol–water partition coefficient (Wildman–Crippen LogP) is 1.61. The fraction of sp³-hybridized carbons (Fsp3) is 0.583. The van der Waals surface area contributed by atoms with E-state index in [4.69, 9.17) is 10.6 Å². The van der Waals surface area contributed by atoms with Crippen molar-refractivity contribution >= 4 is 31.8 Å². The molecule has 0 bridgehead atoms. The summed E-state index contributed by atoms with van der Waals surface area (Å²) >= 11 is 3.19. The number of halogens is 1. The molecule has 0 spiro atoms. The Morgan fingerprint density at radius 2 is 2.14 bits per heavy atom. The van der Waals surface area contributed by atoms with E-state index in [2.05, 4.69) is 31.1 Å². The number of nitrogens with zero attached hydrogens (tertiary/aromatic N) is 1. The van der Waals surface area contributed by atoms with E-state index in [9.17, 15) is 8.42 Å². The van der Waals surface area contributed by atoms with Crippen LogP contribution in [0, 0.1) is 0 Å². The molecule has 1 heterocycles. The fourth-order valence-electron chi connectivity index (χ4n) is 1.56. The van der Waals surface area contributed by atoms with Gasteiger partial charge in [-0.25, -0.2) is 24.0 Å². The molecule has 0 saturated carbocycles. The average Bonchev–Trinajstić information content (AvgIpc) is 2.42. The number of hydrazine groups is 1. The first-order valence-corrected chi connectivity index (χ1v) is 8.88. The molecule has 1 aromatic rings. The molecular weight excluding hydrogens is 360 g/mol. The van der Waals surface area contributed by atoms with E-state index in [0.29, 0.717) is 24.0 Å². The number of nitrogens with one attached hydrogen (secondary N) is 2. The Labute approximate surface area is 133 Å². The second-order valence-electron chi connectivity index (χ2n) is 4.67. The molecule has 4 N–H and O–H groups in total. The van der Waals surface area contributed by atoms with E-state index in [1.54, 1.807) is 0 Å². The molecule has 0 radical (unpaired) electrons. The number of anilines is 1. The van der Waals surface area contributed by atoms with Crippen LogP contribution in [-0.2, 0) is 14.8 Å². The maximum atomic E-state index is 12.2. The quantitative estimate of drug-likeness (QED) is 0.341. The first-order chi connectivity index (χ1) is 9.86. The van der Waals surface area contributed by atoms with Gasteiger partial charge in [0.05, 0.1) is 6.10 Å². The van der Waals surface area contributed by atoms with Gasteiger partial charge in [-0.1, -0.05) is 0 Å². The van der Waals surface area contributed by atoms with Crippen LogP contribution in [0.2, 0.25) is 0 Å². The van der Waals surface area contributed by atoms with Gasteiger partial charge in [0.2, 0.25) is 10.0 Å². The summed E-state index contributed by atoms with van der Waals surface area (Å²) < 4.78 is 32.9. The van der Waals surface area contributed by atoms with Gasteiger partial charge in [-0.15, -0.1) is 0 Å². The minimum atomic E-state index is -3.65. The molecule has 0 unspecified atom stereocenters. The van der Waals surface area contributed by atoms with Crippen LogP contribution < -0.4 is 16.0 Å². The third kappa shape index (κ3) is 6.27. The Kier molecular flexibility index (Phi) is 7.53. The Morgan fingerprint density at radius 3 is 2.76 bits per heavy atom. The molecule has 0 aliphatic carbocycles. The van der Waals surface area contributed by atoms with E-state index in [1.807, 2.05) is 13.8 Å². The van der Waals surface area contributed by atoms with Gasteiger partial charge in [-0.3, -0.25) is 0 Å².